The lowest BCUT2D eigenvalue weighted by Crippen LogP contribution is -2.38. The van der Waals surface area contributed by atoms with Gasteiger partial charge in [0.15, 0.2) is 0 Å². The van der Waals surface area contributed by atoms with Gasteiger partial charge in [0.05, 0.1) is 12.2 Å². The molecular formula is C17H32O2. The van der Waals surface area contributed by atoms with Gasteiger partial charge in [0.25, 0.3) is 0 Å². The van der Waals surface area contributed by atoms with E-state index in [0.717, 1.165) is 24.7 Å². The lowest BCUT2D eigenvalue weighted by molar-refractivity contribution is 0.00308. The molecule has 0 aliphatic heterocycles. The first-order valence-electron chi connectivity index (χ1n) is 8.27. The first-order chi connectivity index (χ1) is 8.91. The third kappa shape index (κ3) is 3.52. The van der Waals surface area contributed by atoms with Gasteiger partial charge in [-0.25, -0.2) is 0 Å². The molecule has 2 fully saturated rings. The Kier molecular flexibility index (Phi) is 4.94. The third-order valence-electron chi connectivity index (χ3n) is 6.26. The smallest absolute Gasteiger partial charge is 0.0540 e. The van der Waals surface area contributed by atoms with E-state index in [1.165, 1.54) is 38.5 Å². The summed E-state index contributed by atoms with van der Waals surface area (Å²) in [6.07, 6.45) is 9.17. The normalized spacial score (nSPS) is 39.0. The van der Waals surface area contributed by atoms with Crippen molar-refractivity contribution in [3.05, 3.63) is 0 Å². The Bertz CT molecular complexity index is 269. The summed E-state index contributed by atoms with van der Waals surface area (Å²) in [5, 5.41) is 19.4. The number of hydrogen-bond donors (Lipinski definition) is 2. The average Bonchev–Trinajstić information content (AvgIpc) is 2.39. The van der Waals surface area contributed by atoms with E-state index in [-0.39, 0.29) is 12.2 Å². The van der Waals surface area contributed by atoms with Crippen molar-refractivity contribution in [3.63, 3.8) is 0 Å². The van der Waals surface area contributed by atoms with Crippen LogP contribution in [0.25, 0.3) is 0 Å². The predicted octanol–water partition coefficient (Wildman–Crippen LogP) is 3.75. The molecule has 2 aliphatic rings. The fraction of sp³-hybridized carbons (Fsp3) is 1.00. The minimum Gasteiger partial charge on any atom is -0.393 e. The molecule has 1 unspecified atom stereocenters. The van der Waals surface area contributed by atoms with Crippen LogP contribution >= 0.6 is 0 Å². The fourth-order valence-corrected chi connectivity index (χ4v) is 4.50. The van der Waals surface area contributed by atoms with Crippen molar-refractivity contribution < 1.29 is 10.2 Å². The van der Waals surface area contributed by atoms with E-state index in [1.807, 2.05) is 6.92 Å². The molecule has 112 valence electrons. The molecule has 19 heavy (non-hydrogen) atoms. The van der Waals surface area contributed by atoms with Crippen LogP contribution in [0.15, 0.2) is 0 Å². The molecule has 2 nitrogen and oxygen atoms in total. The van der Waals surface area contributed by atoms with E-state index >= 15 is 0 Å². The van der Waals surface area contributed by atoms with Gasteiger partial charge in [0, 0.05) is 0 Å². The van der Waals surface area contributed by atoms with Gasteiger partial charge in [-0.1, -0.05) is 13.8 Å². The van der Waals surface area contributed by atoms with Gasteiger partial charge in [-0.15, -0.1) is 0 Å². The molecule has 2 saturated carbocycles. The van der Waals surface area contributed by atoms with Gasteiger partial charge < -0.3 is 10.2 Å². The van der Waals surface area contributed by atoms with Gasteiger partial charge in [0.1, 0.15) is 0 Å². The van der Waals surface area contributed by atoms with Gasteiger partial charge in [-0.3, -0.25) is 0 Å². The molecule has 0 aromatic heterocycles. The van der Waals surface area contributed by atoms with E-state index in [4.69, 9.17) is 0 Å². The molecule has 0 aromatic rings. The fourth-order valence-electron chi connectivity index (χ4n) is 4.50. The van der Waals surface area contributed by atoms with Crippen LogP contribution in [-0.2, 0) is 0 Å². The summed E-state index contributed by atoms with van der Waals surface area (Å²) >= 11 is 0. The highest BCUT2D eigenvalue weighted by Gasteiger charge is 2.40. The van der Waals surface area contributed by atoms with Crippen LogP contribution in [0.4, 0.5) is 0 Å². The summed E-state index contributed by atoms with van der Waals surface area (Å²) in [5.41, 5.74) is 0.407. The summed E-state index contributed by atoms with van der Waals surface area (Å²) in [5.74, 6) is 2.12. The average molecular weight is 268 g/mol. The van der Waals surface area contributed by atoms with Crippen molar-refractivity contribution in [2.75, 3.05) is 0 Å². The Labute approximate surface area is 118 Å². The maximum Gasteiger partial charge on any atom is 0.0540 e. The second-order valence-corrected chi connectivity index (χ2v) is 7.68. The molecule has 0 saturated heterocycles. The second-order valence-electron chi connectivity index (χ2n) is 7.68. The van der Waals surface area contributed by atoms with Crippen LogP contribution in [0.3, 0.4) is 0 Å². The second kappa shape index (κ2) is 6.13. The zero-order valence-electron chi connectivity index (χ0n) is 12.9. The highest BCUT2D eigenvalue weighted by atomic mass is 16.3. The van der Waals surface area contributed by atoms with Crippen molar-refractivity contribution in [1.82, 2.24) is 0 Å². The van der Waals surface area contributed by atoms with Crippen molar-refractivity contribution in [2.24, 2.45) is 23.2 Å². The van der Waals surface area contributed by atoms with Crippen molar-refractivity contribution in [3.8, 4) is 0 Å². The zero-order chi connectivity index (χ0) is 14.0. The number of hydrogen-bond acceptors (Lipinski definition) is 2. The minimum absolute atomic E-state index is 0.0435. The molecule has 0 heterocycles. The Morgan fingerprint density at radius 2 is 1.26 bits per heavy atom. The highest BCUT2D eigenvalue weighted by molar-refractivity contribution is 4.91. The van der Waals surface area contributed by atoms with E-state index in [1.54, 1.807) is 0 Å². The topological polar surface area (TPSA) is 40.5 Å². The summed E-state index contributed by atoms with van der Waals surface area (Å²) in [6.45, 7) is 6.84. The van der Waals surface area contributed by atoms with Gasteiger partial charge in [-0.2, -0.15) is 0 Å². The van der Waals surface area contributed by atoms with E-state index < -0.39 is 0 Å². The molecule has 2 rings (SSSR count). The lowest BCUT2D eigenvalue weighted by Gasteiger charge is -2.46. The molecule has 0 bridgehead atoms. The van der Waals surface area contributed by atoms with Crippen molar-refractivity contribution in [1.29, 1.82) is 0 Å². The molecule has 0 radical (unpaired) electrons. The Morgan fingerprint density at radius 1 is 0.842 bits per heavy atom. The highest BCUT2D eigenvalue weighted by Crippen LogP contribution is 2.49. The van der Waals surface area contributed by atoms with Crippen LogP contribution in [0.2, 0.25) is 0 Å². The van der Waals surface area contributed by atoms with Gasteiger partial charge >= 0.3 is 0 Å². The minimum atomic E-state index is -0.131. The first kappa shape index (κ1) is 15.3. The Morgan fingerprint density at radius 3 is 1.68 bits per heavy atom. The summed E-state index contributed by atoms with van der Waals surface area (Å²) in [7, 11) is 0. The molecule has 0 aromatic carbocycles. The predicted molar refractivity (Wildman–Crippen MR) is 78.9 cm³/mol. The molecule has 0 spiro atoms. The van der Waals surface area contributed by atoms with Crippen molar-refractivity contribution in [2.45, 2.75) is 84.3 Å². The first-order valence-corrected chi connectivity index (χ1v) is 8.27. The summed E-state index contributed by atoms with van der Waals surface area (Å²) in [6, 6.07) is 0. The van der Waals surface area contributed by atoms with Crippen LogP contribution in [0, 0.1) is 23.2 Å². The molecule has 2 heteroatoms. The number of rotatable bonds is 3. The van der Waals surface area contributed by atoms with Crippen LogP contribution in [0.5, 0.6) is 0 Å². The summed E-state index contributed by atoms with van der Waals surface area (Å²) < 4.78 is 0. The quantitative estimate of drug-likeness (QED) is 0.818. The van der Waals surface area contributed by atoms with Crippen LogP contribution < -0.4 is 0 Å². The maximum absolute atomic E-state index is 9.72. The van der Waals surface area contributed by atoms with Gasteiger partial charge in [0.2, 0.25) is 0 Å². The van der Waals surface area contributed by atoms with Crippen LogP contribution in [-0.4, -0.2) is 22.4 Å². The zero-order valence-corrected chi connectivity index (χ0v) is 12.9. The number of aliphatic hydroxyl groups is 2. The summed E-state index contributed by atoms with van der Waals surface area (Å²) in [4.78, 5) is 0. The Hall–Kier alpha value is -0.0800. The third-order valence-corrected chi connectivity index (χ3v) is 6.26. The van der Waals surface area contributed by atoms with E-state index in [2.05, 4.69) is 13.8 Å². The maximum atomic E-state index is 9.72. The largest absolute Gasteiger partial charge is 0.393 e. The van der Waals surface area contributed by atoms with Gasteiger partial charge in [-0.05, 0) is 81.5 Å². The molecule has 1 atom stereocenters. The molecule has 0 amide bonds. The van der Waals surface area contributed by atoms with E-state index in [9.17, 15) is 10.2 Å². The lowest BCUT2D eigenvalue weighted by atomic mass is 9.59. The van der Waals surface area contributed by atoms with Crippen molar-refractivity contribution >= 4 is 0 Å². The number of aliphatic hydroxyl groups excluding tert-OH is 2. The molecule has 2 aliphatic carbocycles. The SMILES string of the molecule is CC(O)C1CCC(C(C)(C)C2CCC(O)CC2)CC1. The standard InChI is InChI=1S/C17H32O2/c1-12(18)13-4-6-14(7-5-13)17(2,3)15-8-10-16(19)11-9-15/h12-16,18-19H,4-11H2,1-3H3. The monoisotopic (exact) mass is 268 g/mol. The molecule has 2 N–H and O–H groups in total. The Balaban J connectivity index is 1.90. The van der Waals surface area contributed by atoms with Crippen LogP contribution in [0.1, 0.15) is 72.1 Å². The molecular weight excluding hydrogens is 236 g/mol. The van der Waals surface area contributed by atoms with E-state index in [0.29, 0.717) is 11.3 Å².